The van der Waals surface area contributed by atoms with Crippen LogP contribution in [0, 0.1) is 11.8 Å². The fraction of sp³-hybridized carbons (Fsp3) is 0.846. The number of urea groups is 1. The van der Waals surface area contributed by atoms with Crippen molar-refractivity contribution < 1.29 is 14.7 Å². The summed E-state index contributed by atoms with van der Waals surface area (Å²) in [4.78, 5) is 22.9. The molecule has 1 aliphatic carbocycles. The molecule has 5 nitrogen and oxygen atoms in total. The maximum atomic E-state index is 11.8. The van der Waals surface area contributed by atoms with Gasteiger partial charge in [-0.15, -0.1) is 0 Å². The van der Waals surface area contributed by atoms with E-state index in [2.05, 4.69) is 17.6 Å². The molecular formula is C13H24N2O3S. The minimum absolute atomic E-state index is 0.234. The van der Waals surface area contributed by atoms with Crippen LogP contribution in [0.15, 0.2) is 0 Å². The van der Waals surface area contributed by atoms with E-state index in [1.165, 1.54) is 0 Å². The van der Waals surface area contributed by atoms with E-state index in [1.54, 1.807) is 11.8 Å². The number of thioether (sulfide) groups is 1. The SMILES string of the molecule is CSCC(C)CNC(=O)NC1CCCCC1C(=O)O. The molecule has 0 aliphatic heterocycles. The zero-order valence-corrected chi connectivity index (χ0v) is 12.5. The summed E-state index contributed by atoms with van der Waals surface area (Å²) in [7, 11) is 0. The third kappa shape index (κ3) is 5.72. The van der Waals surface area contributed by atoms with Crippen molar-refractivity contribution >= 4 is 23.8 Å². The lowest BCUT2D eigenvalue weighted by molar-refractivity contribution is -0.143. The van der Waals surface area contributed by atoms with Crippen LogP contribution in [0.2, 0.25) is 0 Å². The number of carbonyl (C=O) groups is 2. The highest BCUT2D eigenvalue weighted by atomic mass is 32.2. The molecule has 6 heteroatoms. The molecule has 0 spiro atoms. The number of aliphatic carboxylic acids is 1. The predicted octanol–water partition coefficient (Wildman–Crippen LogP) is 1.93. The molecule has 2 amide bonds. The predicted molar refractivity (Wildman–Crippen MR) is 77.5 cm³/mol. The Morgan fingerprint density at radius 3 is 2.68 bits per heavy atom. The molecule has 0 heterocycles. The van der Waals surface area contributed by atoms with Gasteiger partial charge in [0.05, 0.1) is 5.92 Å². The van der Waals surface area contributed by atoms with E-state index >= 15 is 0 Å². The van der Waals surface area contributed by atoms with Gasteiger partial charge in [-0.2, -0.15) is 11.8 Å². The van der Waals surface area contributed by atoms with Crippen LogP contribution < -0.4 is 10.6 Å². The van der Waals surface area contributed by atoms with Gasteiger partial charge >= 0.3 is 12.0 Å². The maximum Gasteiger partial charge on any atom is 0.315 e. The first kappa shape index (κ1) is 16.1. The smallest absolute Gasteiger partial charge is 0.315 e. The molecule has 3 N–H and O–H groups in total. The van der Waals surface area contributed by atoms with E-state index in [9.17, 15) is 9.59 Å². The largest absolute Gasteiger partial charge is 0.481 e. The second-order valence-electron chi connectivity index (χ2n) is 5.25. The van der Waals surface area contributed by atoms with Crippen LogP contribution >= 0.6 is 11.8 Å². The van der Waals surface area contributed by atoms with Gasteiger partial charge < -0.3 is 15.7 Å². The van der Waals surface area contributed by atoms with Gasteiger partial charge in [-0.05, 0) is 30.8 Å². The molecule has 1 saturated carbocycles. The number of hydrogen-bond acceptors (Lipinski definition) is 3. The van der Waals surface area contributed by atoms with Gasteiger partial charge in [0.1, 0.15) is 0 Å². The minimum atomic E-state index is -0.805. The summed E-state index contributed by atoms with van der Waals surface area (Å²) in [5.41, 5.74) is 0. The number of rotatable bonds is 6. The van der Waals surface area contributed by atoms with Crippen LogP contribution in [0.5, 0.6) is 0 Å². The molecule has 0 radical (unpaired) electrons. The van der Waals surface area contributed by atoms with Crippen molar-refractivity contribution in [3.05, 3.63) is 0 Å². The third-order valence-corrected chi connectivity index (χ3v) is 4.36. The van der Waals surface area contributed by atoms with Gasteiger partial charge in [0.25, 0.3) is 0 Å². The summed E-state index contributed by atoms with van der Waals surface area (Å²) < 4.78 is 0. The summed E-state index contributed by atoms with van der Waals surface area (Å²) in [6.45, 7) is 2.70. The first-order valence-electron chi connectivity index (χ1n) is 6.80. The zero-order chi connectivity index (χ0) is 14.3. The van der Waals surface area contributed by atoms with E-state index in [0.717, 1.165) is 25.0 Å². The van der Waals surface area contributed by atoms with Gasteiger partial charge in [0.2, 0.25) is 0 Å². The van der Waals surface area contributed by atoms with Gasteiger partial charge in [0, 0.05) is 12.6 Å². The van der Waals surface area contributed by atoms with Gasteiger partial charge in [-0.1, -0.05) is 19.8 Å². The van der Waals surface area contributed by atoms with E-state index in [1.807, 2.05) is 6.26 Å². The normalized spacial score (nSPS) is 24.5. The number of hydrogen-bond donors (Lipinski definition) is 3. The number of carboxylic acid groups (broad SMARTS) is 1. The van der Waals surface area contributed by atoms with Crippen LogP contribution in [-0.2, 0) is 4.79 Å². The van der Waals surface area contributed by atoms with Crippen LogP contribution in [-0.4, -0.2) is 41.7 Å². The van der Waals surface area contributed by atoms with E-state index in [4.69, 9.17) is 5.11 Å². The molecule has 3 unspecified atom stereocenters. The Bertz CT molecular complexity index is 312. The molecule has 3 atom stereocenters. The lowest BCUT2D eigenvalue weighted by Crippen LogP contribution is -2.49. The lowest BCUT2D eigenvalue weighted by Gasteiger charge is -2.29. The van der Waals surface area contributed by atoms with Gasteiger partial charge in [-0.3, -0.25) is 4.79 Å². The molecule has 1 fully saturated rings. The number of amides is 2. The minimum Gasteiger partial charge on any atom is -0.481 e. The fourth-order valence-corrected chi connectivity index (χ4v) is 3.12. The highest BCUT2D eigenvalue weighted by Gasteiger charge is 2.31. The average Bonchev–Trinajstić information content (AvgIpc) is 2.37. The Morgan fingerprint density at radius 1 is 1.37 bits per heavy atom. The molecule has 19 heavy (non-hydrogen) atoms. The molecule has 1 aliphatic rings. The number of carboxylic acids is 1. The number of carbonyl (C=O) groups excluding carboxylic acids is 1. The zero-order valence-electron chi connectivity index (χ0n) is 11.6. The topological polar surface area (TPSA) is 78.4 Å². The molecule has 1 rings (SSSR count). The van der Waals surface area contributed by atoms with Crippen LogP contribution in [0.4, 0.5) is 4.79 Å². The van der Waals surface area contributed by atoms with Crippen LogP contribution in [0.25, 0.3) is 0 Å². The average molecular weight is 288 g/mol. The van der Waals surface area contributed by atoms with Crippen LogP contribution in [0.3, 0.4) is 0 Å². The third-order valence-electron chi connectivity index (χ3n) is 3.46. The molecule has 0 bridgehead atoms. The van der Waals surface area contributed by atoms with Crippen molar-refractivity contribution in [1.82, 2.24) is 10.6 Å². The van der Waals surface area contributed by atoms with Crippen molar-refractivity contribution in [2.24, 2.45) is 11.8 Å². The standard InChI is InChI=1S/C13H24N2O3S/c1-9(8-19-2)7-14-13(18)15-11-6-4-3-5-10(11)12(16)17/h9-11H,3-8H2,1-2H3,(H,16,17)(H2,14,15,18). The summed E-state index contributed by atoms with van der Waals surface area (Å²) in [6, 6.07) is -0.479. The second kappa shape index (κ2) is 8.30. The Labute approximate surface area is 118 Å². The molecule has 0 saturated heterocycles. The second-order valence-corrected chi connectivity index (χ2v) is 6.16. The summed E-state index contributed by atoms with van der Waals surface area (Å²) in [5.74, 6) is 0.174. The van der Waals surface area contributed by atoms with E-state index < -0.39 is 11.9 Å². The summed E-state index contributed by atoms with van der Waals surface area (Å²) >= 11 is 1.75. The first-order valence-corrected chi connectivity index (χ1v) is 8.20. The van der Waals surface area contributed by atoms with E-state index in [0.29, 0.717) is 18.9 Å². The molecule has 0 aromatic heterocycles. The molecular weight excluding hydrogens is 264 g/mol. The highest BCUT2D eigenvalue weighted by Crippen LogP contribution is 2.24. The summed E-state index contributed by atoms with van der Waals surface area (Å²) in [5, 5.41) is 14.8. The Kier molecular flexibility index (Phi) is 7.05. The lowest BCUT2D eigenvalue weighted by atomic mass is 9.84. The molecule has 110 valence electrons. The first-order chi connectivity index (χ1) is 9.04. The number of nitrogens with one attached hydrogen (secondary N) is 2. The maximum absolute atomic E-state index is 11.8. The van der Waals surface area contributed by atoms with Crippen molar-refractivity contribution in [1.29, 1.82) is 0 Å². The van der Waals surface area contributed by atoms with Crippen molar-refractivity contribution in [2.75, 3.05) is 18.6 Å². The van der Waals surface area contributed by atoms with E-state index in [-0.39, 0.29) is 12.1 Å². The quantitative estimate of drug-likeness (QED) is 0.698. The molecule has 0 aromatic carbocycles. The highest BCUT2D eigenvalue weighted by molar-refractivity contribution is 7.98. The monoisotopic (exact) mass is 288 g/mol. The Morgan fingerprint density at radius 2 is 2.05 bits per heavy atom. The Balaban J connectivity index is 2.35. The Hall–Kier alpha value is -0.910. The van der Waals surface area contributed by atoms with Gasteiger partial charge in [-0.25, -0.2) is 4.79 Å². The molecule has 0 aromatic rings. The van der Waals surface area contributed by atoms with Crippen molar-refractivity contribution in [2.45, 2.75) is 38.6 Å². The van der Waals surface area contributed by atoms with Crippen molar-refractivity contribution in [3.63, 3.8) is 0 Å². The summed E-state index contributed by atoms with van der Waals surface area (Å²) in [6.07, 6.45) is 5.36. The van der Waals surface area contributed by atoms with Crippen LogP contribution in [0.1, 0.15) is 32.6 Å². The fourth-order valence-electron chi connectivity index (χ4n) is 2.43. The van der Waals surface area contributed by atoms with Gasteiger partial charge in [0.15, 0.2) is 0 Å². The van der Waals surface area contributed by atoms with Crippen molar-refractivity contribution in [3.8, 4) is 0 Å².